The van der Waals surface area contributed by atoms with E-state index in [0.717, 1.165) is 5.56 Å². The molecular formula is C15H12Cl2O2. The quantitative estimate of drug-likeness (QED) is 0.614. The molecule has 1 atom stereocenters. The zero-order chi connectivity index (χ0) is 13.8. The van der Waals surface area contributed by atoms with Crippen molar-refractivity contribution < 1.29 is 9.53 Å². The summed E-state index contributed by atoms with van der Waals surface area (Å²) < 4.78 is 5.40. The van der Waals surface area contributed by atoms with Gasteiger partial charge in [0.25, 0.3) is 0 Å². The van der Waals surface area contributed by atoms with Crippen molar-refractivity contribution in [3.63, 3.8) is 0 Å². The van der Waals surface area contributed by atoms with Crippen LogP contribution >= 0.6 is 23.2 Å². The summed E-state index contributed by atoms with van der Waals surface area (Å²) >= 11 is 12.0. The summed E-state index contributed by atoms with van der Waals surface area (Å²) in [6, 6.07) is 14.1. The molecule has 0 fully saturated rings. The molecule has 0 aliphatic carbocycles. The Balaban J connectivity index is 2.13. The first-order valence-electron chi connectivity index (χ1n) is 5.74. The summed E-state index contributed by atoms with van der Waals surface area (Å²) in [5.41, 5.74) is 0.422. The minimum absolute atomic E-state index is 0.293. The summed E-state index contributed by atoms with van der Waals surface area (Å²) in [4.78, 5) is 12.0. The maximum absolute atomic E-state index is 12.0. The SMILES string of the molecule is Cc1ccc(OC(Cl)C(=O)c2ccccc2)c(Cl)c1. The fraction of sp³-hybridized carbons (Fsp3) is 0.133. The molecule has 0 amide bonds. The molecule has 0 saturated carbocycles. The standard InChI is InChI=1S/C15H12Cl2O2/c1-10-7-8-13(12(16)9-10)19-15(17)14(18)11-5-3-2-4-6-11/h2-9,15H,1H3. The minimum atomic E-state index is -1.09. The Morgan fingerprint density at radius 2 is 1.84 bits per heavy atom. The summed E-state index contributed by atoms with van der Waals surface area (Å²) in [6.07, 6.45) is 0. The monoisotopic (exact) mass is 294 g/mol. The molecule has 0 saturated heterocycles. The fourth-order valence-electron chi connectivity index (χ4n) is 1.60. The van der Waals surface area contributed by atoms with Gasteiger partial charge in [-0.25, -0.2) is 0 Å². The first kappa shape index (κ1) is 13.9. The minimum Gasteiger partial charge on any atom is -0.465 e. The van der Waals surface area contributed by atoms with Crippen LogP contribution in [-0.2, 0) is 0 Å². The fourth-order valence-corrected chi connectivity index (χ4v) is 2.10. The topological polar surface area (TPSA) is 26.3 Å². The van der Waals surface area contributed by atoms with E-state index in [9.17, 15) is 4.79 Å². The van der Waals surface area contributed by atoms with Crippen LogP contribution in [0.1, 0.15) is 15.9 Å². The summed E-state index contributed by atoms with van der Waals surface area (Å²) in [5.74, 6) is 0.107. The number of ketones is 1. The highest BCUT2D eigenvalue weighted by molar-refractivity contribution is 6.34. The van der Waals surface area contributed by atoms with Crippen molar-refractivity contribution in [2.45, 2.75) is 12.5 Å². The third-order valence-corrected chi connectivity index (χ3v) is 3.16. The molecule has 0 aliphatic rings. The van der Waals surface area contributed by atoms with Crippen molar-refractivity contribution in [1.29, 1.82) is 0 Å². The van der Waals surface area contributed by atoms with E-state index < -0.39 is 5.56 Å². The zero-order valence-corrected chi connectivity index (χ0v) is 11.8. The Bertz CT molecular complexity index is 582. The zero-order valence-electron chi connectivity index (χ0n) is 10.3. The molecule has 2 aromatic rings. The van der Waals surface area contributed by atoms with Crippen molar-refractivity contribution >= 4 is 29.0 Å². The van der Waals surface area contributed by atoms with E-state index in [1.54, 1.807) is 36.4 Å². The lowest BCUT2D eigenvalue weighted by Gasteiger charge is -2.13. The molecule has 19 heavy (non-hydrogen) atoms. The number of rotatable bonds is 4. The van der Waals surface area contributed by atoms with Gasteiger partial charge in [-0.2, -0.15) is 0 Å². The van der Waals surface area contributed by atoms with E-state index in [-0.39, 0.29) is 5.78 Å². The number of hydrogen-bond donors (Lipinski definition) is 0. The van der Waals surface area contributed by atoms with Crippen LogP contribution in [0.3, 0.4) is 0 Å². The van der Waals surface area contributed by atoms with Crippen molar-refractivity contribution in [1.82, 2.24) is 0 Å². The highest BCUT2D eigenvalue weighted by Gasteiger charge is 2.19. The van der Waals surface area contributed by atoms with Crippen LogP contribution < -0.4 is 4.74 Å². The Morgan fingerprint density at radius 1 is 1.16 bits per heavy atom. The molecular weight excluding hydrogens is 283 g/mol. The summed E-state index contributed by atoms with van der Waals surface area (Å²) in [6.45, 7) is 1.92. The Hall–Kier alpha value is -1.51. The molecule has 0 spiro atoms. The molecule has 2 rings (SSSR count). The average molecular weight is 295 g/mol. The van der Waals surface area contributed by atoms with Gasteiger partial charge in [0.05, 0.1) is 5.02 Å². The lowest BCUT2D eigenvalue weighted by atomic mass is 10.1. The van der Waals surface area contributed by atoms with E-state index in [2.05, 4.69) is 0 Å². The van der Waals surface area contributed by atoms with Crippen molar-refractivity contribution in [2.75, 3.05) is 0 Å². The summed E-state index contributed by atoms with van der Waals surface area (Å²) in [7, 11) is 0. The third kappa shape index (κ3) is 3.49. The maximum Gasteiger partial charge on any atom is 0.234 e. The van der Waals surface area contributed by atoms with E-state index in [4.69, 9.17) is 27.9 Å². The molecule has 2 aromatic carbocycles. The molecule has 0 aromatic heterocycles. The molecule has 1 unspecified atom stereocenters. The Labute approximate surface area is 121 Å². The number of halogens is 2. The number of Topliss-reactive ketones (excluding diaryl/α,β-unsaturated/α-hetero) is 1. The van der Waals surface area contributed by atoms with Gasteiger partial charge in [-0.3, -0.25) is 4.79 Å². The first-order valence-corrected chi connectivity index (χ1v) is 6.55. The maximum atomic E-state index is 12.0. The summed E-state index contributed by atoms with van der Waals surface area (Å²) in [5, 5.41) is 0.437. The van der Waals surface area contributed by atoms with Crippen molar-refractivity contribution in [3.8, 4) is 5.75 Å². The van der Waals surface area contributed by atoms with Gasteiger partial charge < -0.3 is 4.74 Å². The van der Waals surface area contributed by atoms with Crippen LogP contribution in [0, 0.1) is 6.92 Å². The van der Waals surface area contributed by atoms with Gasteiger partial charge in [0.15, 0.2) is 0 Å². The van der Waals surface area contributed by atoms with Crippen LogP contribution in [0.5, 0.6) is 5.75 Å². The molecule has 2 nitrogen and oxygen atoms in total. The van der Waals surface area contributed by atoms with Gasteiger partial charge in [0.2, 0.25) is 11.3 Å². The van der Waals surface area contributed by atoms with Gasteiger partial charge in [-0.05, 0) is 24.6 Å². The van der Waals surface area contributed by atoms with Crippen LogP contribution in [-0.4, -0.2) is 11.3 Å². The molecule has 0 N–H and O–H groups in total. The highest BCUT2D eigenvalue weighted by Crippen LogP contribution is 2.27. The number of alkyl halides is 1. The average Bonchev–Trinajstić information content (AvgIpc) is 2.42. The number of carbonyl (C=O) groups is 1. The Morgan fingerprint density at radius 3 is 2.47 bits per heavy atom. The van der Waals surface area contributed by atoms with E-state index >= 15 is 0 Å². The van der Waals surface area contributed by atoms with Crippen molar-refractivity contribution in [3.05, 3.63) is 64.7 Å². The second-order valence-electron chi connectivity index (χ2n) is 4.10. The molecule has 0 heterocycles. The lowest BCUT2D eigenvalue weighted by Crippen LogP contribution is -2.21. The van der Waals surface area contributed by atoms with Gasteiger partial charge in [0.1, 0.15) is 5.75 Å². The lowest BCUT2D eigenvalue weighted by molar-refractivity contribution is 0.0885. The van der Waals surface area contributed by atoms with Gasteiger partial charge >= 0.3 is 0 Å². The third-order valence-electron chi connectivity index (χ3n) is 2.58. The number of benzene rings is 2. The van der Waals surface area contributed by atoms with Gasteiger partial charge in [-0.15, -0.1) is 0 Å². The smallest absolute Gasteiger partial charge is 0.234 e. The van der Waals surface area contributed by atoms with Crippen LogP contribution in [0.15, 0.2) is 48.5 Å². The first-order chi connectivity index (χ1) is 9.08. The Kier molecular flexibility index (Phi) is 4.46. The largest absolute Gasteiger partial charge is 0.465 e. The van der Waals surface area contributed by atoms with Crippen LogP contribution in [0.2, 0.25) is 5.02 Å². The number of carbonyl (C=O) groups excluding carboxylic acids is 1. The second kappa shape index (κ2) is 6.09. The normalized spacial score (nSPS) is 11.9. The predicted octanol–water partition coefficient (Wildman–Crippen LogP) is 4.48. The van der Waals surface area contributed by atoms with E-state index in [1.165, 1.54) is 0 Å². The number of ether oxygens (including phenoxy) is 1. The van der Waals surface area contributed by atoms with Crippen LogP contribution in [0.25, 0.3) is 0 Å². The highest BCUT2D eigenvalue weighted by atomic mass is 35.5. The van der Waals surface area contributed by atoms with E-state index in [1.807, 2.05) is 19.1 Å². The molecule has 0 aliphatic heterocycles. The number of hydrogen-bond acceptors (Lipinski definition) is 2. The van der Waals surface area contributed by atoms with Gasteiger partial charge in [0, 0.05) is 5.56 Å². The number of aryl methyl sites for hydroxylation is 1. The van der Waals surface area contributed by atoms with Gasteiger partial charge in [-0.1, -0.05) is 59.6 Å². The van der Waals surface area contributed by atoms with Crippen LogP contribution in [0.4, 0.5) is 0 Å². The molecule has 0 bridgehead atoms. The molecule has 0 radical (unpaired) electrons. The molecule has 4 heteroatoms. The van der Waals surface area contributed by atoms with Crippen molar-refractivity contribution in [2.24, 2.45) is 0 Å². The van der Waals surface area contributed by atoms with E-state index in [0.29, 0.717) is 16.3 Å². The molecule has 98 valence electrons. The second-order valence-corrected chi connectivity index (χ2v) is 4.90. The predicted molar refractivity (Wildman–Crippen MR) is 77.2 cm³/mol.